The van der Waals surface area contributed by atoms with Crippen LogP contribution in [0.1, 0.15) is 35.1 Å². The molecule has 3 rings (SSSR count). The highest BCUT2D eigenvalue weighted by Crippen LogP contribution is 2.28. The molecule has 1 aliphatic rings. The summed E-state index contributed by atoms with van der Waals surface area (Å²) in [5.74, 6) is 0. The van der Waals surface area contributed by atoms with Gasteiger partial charge in [0.1, 0.15) is 0 Å². The molecule has 0 unspecified atom stereocenters. The SMILES string of the molecule is Cc1ccc(C)c(NC(=S)Nc2cccc3c2CCCC3)c1. The summed E-state index contributed by atoms with van der Waals surface area (Å²) >= 11 is 5.50. The van der Waals surface area contributed by atoms with Crippen molar-refractivity contribution in [3.63, 3.8) is 0 Å². The van der Waals surface area contributed by atoms with Gasteiger partial charge in [-0.25, -0.2) is 0 Å². The van der Waals surface area contributed by atoms with Gasteiger partial charge in [-0.05, 0) is 86.1 Å². The van der Waals surface area contributed by atoms with Gasteiger partial charge in [0.15, 0.2) is 5.11 Å². The Morgan fingerprint density at radius 1 is 0.955 bits per heavy atom. The number of thiocarbonyl (C=S) groups is 1. The van der Waals surface area contributed by atoms with Crippen molar-refractivity contribution >= 4 is 28.7 Å². The second kappa shape index (κ2) is 6.49. The van der Waals surface area contributed by atoms with E-state index in [2.05, 4.69) is 60.9 Å². The monoisotopic (exact) mass is 310 g/mol. The summed E-state index contributed by atoms with van der Waals surface area (Å²) < 4.78 is 0. The zero-order chi connectivity index (χ0) is 15.5. The van der Waals surface area contributed by atoms with Crippen molar-refractivity contribution < 1.29 is 0 Å². The molecule has 0 fully saturated rings. The summed E-state index contributed by atoms with van der Waals surface area (Å²) in [4.78, 5) is 0. The van der Waals surface area contributed by atoms with Crippen molar-refractivity contribution in [1.29, 1.82) is 0 Å². The Morgan fingerprint density at radius 2 is 1.73 bits per heavy atom. The molecule has 0 aromatic heterocycles. The van der Waals surface area contributed by atoms with E-state index in [0.29, 0.717) is 5.11 Å². The van der Waals surface area contributed by atoms with Crippen LogP contribution in [0.15, 0.2) is 36.4 Å². The summed E-state index contributed by atoms with van der Waals surface area (Å²) in [5.41, 5.74) is 7.55. The Bertz CT molecular complexity index is 707. The van der Waals surface area contributed by atoms with Gasteiger partial charge < -0.3 is 10.6 Å². The Hall–Kier alpha value is -1.87. The fraction of sp³-hybridized carbons (Fsp3) is 0.316. The highest BCUT2D eigenvalue weighted by atomic mass is 32.1. The zero-order valence-corrected chi connectivity index (χ0v) is 14.0. The largest absolute Gasteiger partial charge is 0.332 e. The minimum Gasteiger partial charge on any atom is -0.332 e. The molecule has 2 nitrogen and oxygen atoms in total. The lowest BCUT2D eigenvalue weighted by Gasteiger charge is -2.21. The molecular formula is C19H22N2S. The van der Waals surface area contributed by atoms with Crippen LogP contribution in [0.2, 0.25) is 0 Å². The molecule has 114 valence electrons. The molecule has 3 heteroatoms. The molecule has 0 radical (unpaired) electrons. The zero-order valence-electron chi connectivity index (χ0n) is 13.2. The lowest BCUT2D eigenvalue weighted by atomic mass is 9.90. The first kappa shape index (κ1) is 15.0. The normalized spacial score (nSPS) is 13.4. The molecule has 1 aliphatic carbocycles. The van der Waals surface area contributed by atoms with Crippen LogP contribution in [0.3, 0.4) is 0 Å². The van der Waals surface area contributed by atoms with Crippen LogP contribution < -0.4 is 10.6 Å². The summed E-state index contributed by atoms with van der Waals surface area (Å²) in [5, 5.41) is 7.37. The van der Waals surface area contributed by atoms with E-state index in [1.807, 2.05) is 0 Å². The molecule has 0 saturated heterocycles. The van der Waals surface area contributed by atoms with Gasteiger partial charge in [-0.3, -0.25) is 0 Å². The molecule has 2 aromatic carbocycles. The van der Waals surface area contributed by atoms with Gasteiger partial charge in [-0.1, -0.05) is 24.3 Å². The van der Waals surface area contributed by atoms with Gasteiger partial charge in [-0.15, -0.1) is 0 Å². The van der Waals surface area contributed by atoms with Gasteiger partial charge >= 0.3 is 0 Å². The lowest BCUT2D eigenvalue weighted by Crippen LogP contribution is -2.21. The molecule has 0 bridgehead atoms. The van der Waals surface area contributed by atoms with Gasteiger partial charge in [0.05, 0.1) is 0 Å². The predicted octanol–water partition coefficient (Wildman–Crippen LogP) is 4.99. The van der Waals surface area contributed by atoms with Crippen LogP contribution >= 0.6 is 12.2 Å². The summed E-state index contributed by atoms with van der Waals surface area (Å²) in [6.07, 6.45) is 4.89. The number of benzene rings is 2. The van der Waals surface area contributed by atoms with E-state index in [4.69, 9.17) is 12.2 Å². The number of hydrogen-bond donors (Lipinski definition) is 2. The van der Waals surface area contributed by atoms with Gasteiger partial charge in [0.25, 0.3) is 0 Å². The topological polar surface area (TPSA) is 24.1 Å². The molecule has 0 aliphatic heterocycles. The van der Waals surface area contributed by atoms with E-state index >= 15 is 0 Å². The summed E-state index contributed by atoms with van der Waals surface area (Å²) in [7, 11) is 0. The van der Waals surface area contributed by atoms with Gasteiger partial charge in [0.2, 0.25) is 0 Å². The van der Waals surface area contributed by atoms with Crippen LogP contribution in [0, 0.1) is 13.8 Å². The van der Waals surface area contributed by atoms with E-state index in [0.717, 1.165) is 17.8 Å². The van der Waals surface area contributed by atoms with Crippen LogP contribution in [-0.4, -0.2) is 5.11 Å². The highest BCUT2D eigenvalue weighted by Gasteiger charge is 2.13. The Kier molecular flexibility index (Phi) is 4.44. The quantitative estimate of drug-likeness (QED) is 0.764. The van der Waals surface area contributed by atoms with E-state index in [-0.39, 0.29) is 0 Å². The molecule has 0 amide bonds. The van der Waals surface area contributed by atoms with E-state index < -0.39 is 0 Å². The fourth-order valence-corrected chi connectivity index (χ4v) is 3.26. The van der Waals surface area contributed by atoms with Crippen molar-refractivity contribution in [3.05, 3.63) is 58.7 Å². The van der Waals surface area contributed by atoms with E-state index in [1.54, 1.807) is 0 Å². The van der Waals surface area contributed by atoms with Crippen LogP contribution in [0.5, 0.6) is 0 Å². The number of aryl methyl sites for hydroxylation is 3. The average molecular weight is 310 g/mol. The third-order valence-corrected chi connectivity index (χ3v) is 4.49. The van der Waals surface area contributed by atoms with Gasteiger partial charge in [-0.2, -0.15) is 0 Å². The van der Waals surface area contributed by atoms with Gasteiger partial charge in [0, 0.05) is 11.4 Å². The summed E-state index contributed by atoms with van der Waals surface area (Å²) in [6, 6.07) is 12.8. The fourth-order valence-electron chi connectivity index (χ4n) is 3.04. The Balaban J connectivity index is 1.76. The molecule has 2 aromatic rings. The molecule has 0 spiro atoms. The van der Waals surface area contributed by atoms with E-state index in [9.17, 15) is 0 Å². The minimum atomic E-state index is 0.660. The molecule has 0 atom stereocenters. The third kappa shape index (κ3) is 3.30. The molecular weight excluding hydrogens is 288 g/mol. The Labute approximate surface area is 137 Å². The third-order valence-electron chi connectivity index (χ3n) is 4.29. The number of nitrogens with one attached hydrogen (secondary N) is 2. The van der Waals surface area contributed by atoms with Crippen LogP contribution in [0.25, 0.3) is 0 Å². The number of anilines is 2. The Morgan fingerprint density at radius 3 is 2.59 bits per heavy atom. The van der Waals surface area contributed by atoms with Crippen LogP contribution in [0.4, 0.5) is 11.4 Å². The molecule has 0 heterocycles. The lowest BCUT2D eigenvalue weighted by molar-refractivity contribution is 0.687. The second-order valence-electron chi connectivity index (χ2n) is 6.05. The number of rotatable bonds is 2. The number of hydrogen-bond acceptors (Lipinski definition) is 1. The van der Waals surface area contributed by atoms with E-state index in [1.165, 1.54) is 41.5 Å². The maximum atomic E-state index is 5.50. The molecule has 22 heavy (non-hydrogen) atoms. The highest BCUT2D eigenvalue weighted by molar-refractivity contribution is 7.80. The first-order valence-corrected chi connectivity index (χ1v) is 8.30. The smallest absolute Gasteiger partial charge is 0.175 e. The predicted molar refractivity (Wildman–Crippen MR) is 98.8 cm³/mol. The summed E-state index contributed by atoms with van der Waals surface area (Å²) in [6.45, 7) is 4.18. The first-order valence-electron chi connectivity index (χ1n) is 7.89. The van der Waals surface area contributed by atoms with Crippen molar-refractivity contribution in [3.8, 4) is 0 Å². The minimum absolute atomic E-state index is 0.660. The second-order valence-corrected chi connectivity index (χ2v) is 6.46. The number of fused-ring (bicyclic) bond motifs is 1. The van der Waals surface area contributed by atoms with Crippen molar-refractivity contribution in [1.82, 2.24) is 0 Å². The van der Waals surface area contributed by atoms with Crippen molar-refractivity contribution in [2.24, 2.45) is 0 Å². The standard InChI is InChI=1S/C19H22N2S/c1-13-10-11-14(2)18(12-13)21-19(22)20-17-9-5-7-15-6-3-4-8-16(15)17/h5,7,9-12H,3-4,6,8H2,1-2H3,(H2,20,21,22). The van der Waals surface area contributed by atoms with Crippen LogP contribution in [-0.2, 0) is 12.8 Å². The van der Waals surface area contributed by atoms with Crippen molar-refractivity contribution in [2.75, 3.05) is 10.6 Å². The van der Waals surface area contributed by atoms with Crippen molar-refractivity contribution in [2.45, 2.75) is 39.5 Å². The first-order chi connectivity index (χ1) is 10.6. The molecule has 2 N–H and O–H groups in total. The maximum Gasteiger partial charge on any atom is 0.175 e. The maximum absolute atomic E-state index is 5.50. The molecule has 0 saturated carbocycles. The average Bonchev–Trinajstić information content (AvgIpc) is 2.51.